The van der Waals surface area contributed by atoms with Crippen LogP contribution in [0.1, 0.15) is 32.3 Å². The fourth-order valence-corrected chi connectivity index (χ4v) is 4.19. The van der Waals surface area contributed by atoms with Crippen LogP contribution in [0.15, 0.2) is 71.1 Å². The van der Waals surface area contributed by atoms with Gasteiger partial charge in [0, 0.05) is 43.2 Å². The monoisotopic (exact) mass is 553 g/mol. The summed E-state index contributed by atoms with van der Waals surface area (Å²) in [6.07, 6.45) is 0. The van der Waals surface area contributed by atoms with Gasteiger partial charge in [0.25, 0.3) is 5.69 Å². The van der Waals surface area contributed by atoms with Crippen molar-refractivity contribution in [2.75, 3.05) is 38.9 Å². The van der Waals surface area contributed by atoms with Gasteiger partial charge in [0.05, 0.1) is 28.6 Å². The van der Waals surface area contributed by atoms with Crippen LogP contribution in [-0.4, -0.2) is 56.3 Å². The summed E-state index contributed by atoms with van der Waals surface area (Å²) in [4.78, 5) is 48.6. The standard InChI is InChI=1S/C28H31N3O9/c1-17-24(27(33)39-13-12-37-4)26(20-6-5-7-22(16-20)31(35)36)25(18(2)29-17)28(34)40-15-14-38-23-10-8-21(9-11-23)30-19(3)32/h5-11,16,26,29H,12-15H2,1-4H3,(H,30,32). The van der Waals surface area contributed by atoms with Crippen molar-refractivity contribution in [1.29, 1.82) is 0 Å². The zero-order chi connectivity index (χ0) is 29.2. The molecule has 1 atom stereocenters. The van der Waals surface area contributed by atoms with Crippen molar-refractivity contribution in [2.24, 2.45) is 0 Å². The van der Waals surface area contributed by atoms with Gasteiger partial charge in [-0.3, -0.25) is 14.9 Å². The Balaban J connectivity index is 1.80. The summed E-state index contributed by atoms with van der Waals surface area (Å²) in [5, 5.41) is 17.2. The summed E-state index contributed by atoms with van der Waals surface area (Å²) in [6.45, 7) is 4.81. The first-order valence-electron chi connectivity index (χ1n) is 12.4. The number of esters is 2. The number of hydrogen-bond donors (Lipinski definition) is 2. The summed E-state index contributed by atoms with van der Waals surface area (Å²) < 4.78 is 21.4. The van der Waals surface area contributed by atoms with Gasteiger partial charge in [-0.15, -0.1) is 0 Å². The summed E-state index contributed by atoms with van der Waals surface area (Å²) in [5.41, 5.74) is 1.90. The van der Waals surface area contributed by atoms with E-state index < -0.39 is 22.8 Å². The number of nitrogens with zero attached hydrogens (tertiary/aromatic N) is 1. The third kappa shape index (κ3) is 7.67. The Bertz CT molecular complexity index is 1330. The molecule has 12 heteroatoms. The van der Waals surface area contributed by atoms with Crippen molar-refractivity contribution >= 4 is 29.2 Å². The molecule has 0 aromatic heterocycles. The number of hydrogen-bond acceptors (Lipinski definition) is 10. The van der Waals surface area contributed by atoms with E-state index in [1.165, 1.54) is 32.2 Å². The van der Waals surface area contributed by atoms with Gasteiger partial charge in [0.2, 0.25) is 5.91 Å². The number of carbonyl (C=O) groups is 3. The minimum Gasteiger partial charge on any atom is -0.490 e. The number of non-ortho nitro benzene ring substituents is 1. The van der Waals surface area contributed by atoms with Gasteiger partial charge in [0.15, 0.2) is 0 Å². The molecule has 212 valence electrons. The van der Waals surface area contributed by atoms with E-state index in [9.17, 15) is 24.5 Å². The van der Waals surface area contributed by atoms with Crippen LogP contribution in [0.25, 0.3) is 0 Å². The number of amides is 1. The maximum absolute atomic E-state index is 13.4. The summed E-state index contributed by atoms with van der Waals surface area (Å²) in [6, 6.07) is 12.4. The molecule has 40 heavy (non-hydrogen) atoms. The average molecular weight is 554 g/mol. The number of allylic oxidation sites excluding steroid dienone is 2. The zero-order valence-electron chi connectivity index (χ0n) is 22.6. The Labute approximate surface area is 231 Å². The molecule has 0 saturated carbocycles. The molecule has 3 rings (SSSR count). The fourth-order valence-electron chi connectivity index (χ4n) is 4.19. The molecular formula is C28H31N3O9. The van der Waals surface area contributed by atoms with E-state index in [0.29, 0.717) is 28.4 Å². The lowest BCUT2D eigenvalue weighted by molar-refractivity contribution is -0.384. The number of carbonyl (C=O) groups excluding carboxylic acids is 3. The zero-order valence-corrected chi connectivity index (χ0v) is 22.6. The fraction of sp³-hybridized carbons (Fsp3) is 0.321. The lowest BCUT2D eigenvalue weighted by Crippen LogP contribution is -2.33. The highest BCUT2D eigenvalue weighted by Crippen LogP contribution is 2.40. The first kappa shape index (κ1) is 29.8. The number of nitro benzene ring substituents is 1. The van der Waals surface area contributed by atoms with Crippen LogP contribution >= 0.6 is 0 Å². The third-order valence-corrected chi connectivity index (χ3v) is 5.90. The van der Waals surface area contributed by atoms with Crippen molar-refractivity contribution in [3.63, 3.8) is 0 Å². The lowest BCUT2D eigenvalue weighted by Gasteiger charge is -2.30. The largest absolute Gasteiger partial charge is 0.490 e. The maximum atomic E-state index is 13.4. The van der Waals surface area contributed by atoms with Gasteiger partial charge in [-0.2, -0.15) is 0 Å². The Morgan fingerprint density at radius 3 is 2.08 bits per heavy atom. The highest BCUT2D eigenvalue weighted by atomic mass is 16.6. The average Bonchev–Trinajstić information content (AvgIpc) is 2.91. The third-order valence-electron chi connectivity index (χ3n) is 5.90. The van der Waals surface area contributed by atoms with E-state index in [1.807, 2.05) is 0 Å². The number of nitro groups is 1. The molecule has 2 aromatic carbocycles. The highest BCUT2D eigenvalue weighted by molar-refractivity contribution is 6.00. The van der Waals surface area contributed by atoms with Crippen molar-refractivity contribution in [1.82, 2.24) is 5.32 Å². The molecule has 1 unspecified atom stereocenters. The number of rotatable bonds is 12. The van der Waals surface area contributed by atoms with E-state index in [4.69, 9.17) is 18.9 Å². The number of methoxy groups -OCH3 is 1. The van der Waals surface area contributed by atoms with E-state index in [1.54, 1.807) is 44.2 Å². The van der Waals surface area contributed by atoms with Crippen LogP contribution in [0.3, 0.4) is 0 Å². The van der Waals surface area contributed by atoms with E-state index in [0.717, 1.165) is 0 Å². The van der Waals surface area contributed by atoms with E-state index in [2.05, 4.69) is 10.6 Å². The lowest BCUT2D eigenvalue weighted by atomic mass is 9.80. The minimum absolute atomic E-state index is 0.0145. The van der Waals surface area contributed by atoms with Crippen molar-refractivity contribution < 1.29 is 38.3 Å². The van der Waals surface area contributed by atoms with E-state index >= 15 is 0 Å². The Morgan fingerprint density at radius 2 is 1.52 bits per heavy atom. The van der Waals surface area contributed by atoms with Gasteiger partial charge >= 0.3 is 11.9 Å². The second-order valence-corrected chi connectivity index (χ2v) is 8.81. The molecule has 1 aliphatic heterocycles. The Morgan fingerprint density at radius 1 is 0.925 bits per heavy atom. The minimum atomic E-state index is -0.981. The normalized spacial score (nSPS) is 14.8. The smallest absolute Gasteiger partial charge is 0.336 e. The second kappa shape index (κ2) is 13.9. The van der Waals surface area contributed by atoms with Crippen molar-refractivity contribution in [3.05, 3.63) is 86.7 Å². The summed E-state index contributed by atoms with van der Waals surface area (Å²) in [5.74, 6) is -2.08. The second-order valence-electron chi connectivity index (χ2n) is 8.81. The summed E-state index contributed by atoms with van der Waals surface area (Å²) in [7, 11) is 1.47. The molecule has 0 bridgehead atoms. The number of benzene rings is 2. The van der Waals surface area contributed by atoms with Crippen molar-refractivity contribution in [3.8, 4) is 5.75 Å². The van der Waals surface area contributed by atoms with Crippen LogP contribution < -0.4 is 15.4 Å². The Kier molecular flexibility index (Phi) is 10.4. The first-order chi connectivity index (χ1) is 19.1. The quantitative estimate of drug-likeness (QED) is 0.172. The van der Waals surface area contributed by atoms with E-state index in [-0.39, 0.29) is 49.2 Å². The first-order valence-corrected chi connectivity index (χ1v) is 12.4. The molecule has 2 N–H and O–H groups in total. The molecule has 12 nitrogen and oxygen atoms in total. The van der Waals surface area contributed by atoms with Crippen LogP contribution in [0.2, 0.25) is 0 Å². The molecular weight excluding hydrogens is 522 g/mol. The highest BCUT2D eigenvalue weighted by Gasteiger charge is 2.38. The molecule has 0 saturated heterocycles. The molecule has 1 amide bonds. The van der Waals surface area contributed by atoms with Gasteiger partial charge in [-0.05, 0) is 43.7 Å². The van der Waals surface area contributed by atoms with Crippen molar-refractivity contribution in [2.45, 2.75) is 26.7 Å². The van der Waals surface area contributed by atoms with Gasteiger partial charge in [-0.25, -0.2) is 9.59 Å². The van der Waals surface area contributed by atoms with Crippen LogP contribution in [-0.2, 0) is 28.6 Å². The molecule has 2 aromatic rings. The molecule has 0 radical (unpaired) electrons. The van der Waals surface area contributed by atoms with Gasteiger partial charge in [0.1, 0.15) is 25.6 Å². The van der Waals surface area contributed by atoms with Crippen LogP contribution in [0.5, 0.6) is 5.75 Å². The maximum Gasteiger partial charge on any atom is 0.336 e. The van der Waals surface area contributed by atoms with Crippen LogP contribution in [0.4, 0.5) is 11.4 Å². The number of anilines is 1. The van der Waals surface area contributed by atoms with Gasteiger partial charge < -0.3 is 29.6 Å². The molecule has 0 fully saturated rings. The predicted molar refractivity (Wildman–Crippen MR) is 144 cm³/mol. The molecule has 1 aliphatic rings. The van der Waals surface area contributed by atoms with Gasteiger partial charge in [-0.1, -0.05) is 12.1 Å². The molecule has 0 spiro atoms. The summed E-state index contributed by atoms with van der Waals surface area (Å²) >= 11 is 0. The number of dihydropyridines is 1. The SMILES string of the molecule is COCCOC(=O)C1=C(C)NC(C)=C(C(=O)OCCOc2ccc(NC(C)=O)cc2)C1c1cccc([N+](=O)[O-])c1. The Hall–Kier alpha value is -4.71. The predicted octanol–water partition coefficient (Wildman–Crippen LogP) is 3.60. The molecule has 1 heterocycles. The van der Waals surface area contributed by atoms with Crippen LogP contribution in [0, 0.1) is 10.1 Å². The molecule has 0 aliphatic carbocycles. The number of nitrogens with one attached hydrogen (secondary N) is 2. The number of ether oxygens (including phenoxy) is 4. The topological polar surface area (TPSA) is 155 Å².